The summed E-state index contributed by atoms with van der Waals surface area (Å²) in [5.74, 6) is 0.0829. The van der Waals surface area contributed by atoms with Crippen molar-refractivity contribution in [2.45, 2.75) is 32.0 Å². The van der Waals surface area contributed by atoms with Crippen LogP contribution in [-0.4, -0.2) is 53.3 Å². The molecule has 23 heavy (non-hydrogen) atoms. The molecule has 6 nitrogen and oxygen atoms in total. The molecule has 0 aromatic heterocycles. The fraction of sp³-hybridized carbons (Fsp3) is 0.471. The molecule has 2 heterocycles. The van der Waals surface area contributed by atoms with Gasteiger partial charge in [0.05, 0.1) is 18.2 Å². The highest BCUT2D eigenvalue weighted by Crippen LogP contribution is 2.24. The summed E-state index contributed by atoms with van der Waals surface area (Å²) in [6.07, 6.45) is 0.815. The lowest BCUT2D eigenvalue weighted by atomic mass is 10.1. The van der Waals surface area contributed by atoms with Gasteiger partial charge in [0, 0.05) is 38.6 Å². The summed E-state index contributed by atoms with van der Waals surface area (Å²) >= 11 is 0. The Morgan fingerprint density at radius 3 is 2.74 bits per heavy atom. The van der Waals surface area contributed by atoms with Crippen molar-refractivity contribution in [3.8, 4) is 6.07 Å². The Balaban J connectivity index is 1.62. The molecule has 0 bridgehead atoms. The van der Waals surface area contributed by atoms with Gasteiger partial charge in [-0.15, -0.1) is 0 Å². The van der Waals surface area contributed by atoms with Gasteiger partial charge in [-0.2, -0.15) is 5.26 Å². The van der Waals surface area contributed by atoms with Gasteiger partial charge < -0.3 is 10.2 Å². The SMILES string of the molecule is CC(=O)NC1CC2CN(Cc3ccc(C#N)cc3)CC(=O)N2C1. The van der Waals surface area contributed by atoms with E-state index >= 15 is 0 Å². The van der Waals surface area contributed by atoms with Crippen LogP contribution < -0.4 is 5.32 Å². The zero-order chi connectivity index (χ0) is 16.4. The molecule has 2 aliphatic rings. The molecule has 2 saturated heterocycles. The Labute approximate surface area is 135 Å². The molecule has 1 aromatic carbocycles. The van der Waals surface area contributed by atoms with Crippen molar-refractivity contribution < 1.29 is 9.59 Å². The Kier molecular flexibility index (Phi) is 4.30. The molecule has 0 saturated carbocycles. The zero-order valence-electron chi connectivity index (χ0n) is 13.2. The molecule has 2 atom stereocenters. The van der Waals surface area contributed by atoms with Crippen molar-refractivity contribution in [1.82, 2.24) is 15.1 Å². The molecule has 3 rings (SSSR count). The number of fused-ring (bicyclic) bond motifs is 1. The molecule has 6 heteroatoms. The Bertz CT molecular complexity index is 650. The highest BCUT2D eigenvalue weighted by molar-refractivity contribution is 5.80. The average molecular weight is 312 g/mol. The van der Waals surface area contributed by atoms with Crippen LogP contribution in [0, 0.1) is 11.3 Å². The quantitative estimate of drug-likeness (QED) is 0.881. The van der Waals surface area contributed by atoms with E-state index in [1.807, 2.05) is 17.0 Å². The molecule has 0 aliphatic carbocycles. The largest absolute Gasteiger partial charge is 0.352 e. The number of nitrogens with one attached hydrogen (secondary N) is 1. The highest BCUT2D eigenvalue weighted by Gasteiger charge is 2.40. The molecule has 0 spiro atoms. The smallest absolute Gasteiger partial charge is 0.237 e. The van der Waals surface area contributed by atoms with Crippen LogP contribution in [0.3, 0.4) is 0 Å². The summed E-state index contributed by atoms with van der Waals surface area (Å²) in [5, 5.41) is 11.7. The third kappa shape index (κ3) is 3.51. The second-order valence-corrected chi connectivity index (χ2v) is 6.31. The van der Waals surface area contributed by atoms with Crippen LogP contribution in [0.5, 0.6) is 0 Å². The number of hydrogen-bond acceptors (Lipinski definition) is 4. The molecule has 2 aliphatic heterocycles. The van der Waals surface area contributed by atoms with Crippen LogP contribution >= 0.6 is 0 Å². The summed E-state index contributed by atoms with van der Waals surface area (Å²) in [6, 6.07) is 9.82. The van der Waals surface area contributed by atoms with Gasteiger partial charge in [-0.3, -0.25) is 14.5 Å². The monoisotopic (exact) mass is 312 g/mol. The van der Waals surface area contributed by atoms with Gasteiger partial charge in [0.25, 0.3) is 0 Å². The summed E-state index contributed by atoms with van der Waals surface area (Å²) < 4.78 is 0. The first-order valence-electron chi connectivity index (χ1n) is 7.83. The molecule has 1 aromatic rings. The Hall–Kier alpha value is -2.39. The number of nitriles is 1. The summed E-state index contributed by atoms with van der Waals surface area (Å²) in [5.41, 5.74) is 1.74. The third-order valence-electron chi connectivity index (χ3n) is 4.46. The lowest BCUT2D eigenvalue weighted by Gasteiger charge is -2.36. The fourth-order valence-corrected chi connectivity index (χ4v) is 3.50. The van der Waals surface area contributed by atoms with Crippen LogP contribution in [-0.2, 0) is 16.1 Å². The molecule has 120 valence electrons. The van der Waals surface area contributed by atoms with Crippen molar-refractivity contribution in [3.05, 3.63) is 35.4 Å². The minimum atomic E-state index is -0.0447. The molecule has 0 radical (unpaired) electrons. The van der Waals surface area contributed by atoms with Gasteiger partial charge in [-0.1, -0.05) is 12.1 Å². The first kappa shape index (κ1) is 15.5. The van der Waals surface area contributed by atoms with Gasteiger partial charge in [0.1, 0.15) is 0 Å². The number of rotatable bonds is 3. The fourth-order valence-electron chi connectivity index (χ4n) is 3.50. The number of nitrogens with zero attached hydrogens (tertiary/aromatic N) is 3. The number of carbonyl (C=O) groups excluding carboxylic acids is 2. The van der Waals surface area contributed by atoms with E-state index in [0.717, 1.165) is 18.5 Å². The standard InChI is InChI=1S/C17H20N4O2/c1-12(22)19-15-6-16-10-20(11-17(23)21(16)9-15)8-14-4-2-13(7-18)3-5-14/h2-5,15-16H,6,8-11H2,1H3,(H,19,22). The topological polar surface area (TPSA) is 76.4 Å². The molecule has 1 N–H and O–H groups in total. The third-order valence-corrected chi connectivity index (χ3v) is 4.46. The van der Waals surface area contributed by atoms with Gasteiger partial charge >= 0.3 is 0 Å². The number of benzene rings is 1. The number of piperazine rings is 1. The van der Waals surface area contributed by atoms with Crippen LogP contribution in [0.1, 0.15) is 24.5 Å². The second-order valence-electron chi connectivity index (χ2n) is 6.31. The molecular weight excluding hydrogens is 292 g/mol. The first-order valence-corrected chi connectivity index (χ1v) is 7.83. The summed E-state index contributed by atoms with van der Waals surface area (Å²) in [6.45, 7) is 4.06. The van der Waals surface area contributed by atoms with E-state index in [2.05, 4.69) is 16.3 Å². The molecule has 2 amide bonds. The Morgan fingerprint density at radius 1 is 1.35 bits per heavy atom. The zero-order valence-corrected chi connectivity index (χ0v) is 13.2. The normalized spacial score (nSPS) is 24.2. The maximum absolute atomic E-state index is 12.3. The van der Waals surface area contributed by atoms with Crippen molar-refractivity contribution in [2.24, 2.45) is 0 Å². The lowest BCUT2D eigenvalue weighted by molar-refractivity contribution is -0.138. The van der Waals surface area contributed by atoms with Crippen molar-refractivity contribution >= 4 is 11.8 Å². The van der Waals surface area contributed by atoms with Crippen LogP contribution in [0.4, 0.5) is 0 Å². The summed E-state index contributed by atoms with van der Waals surface area (Å²) in [4.78, 5) is 27.6. The predicted octanol–water partition coefficient (Wildman–Crippen LogP) is 0.479. The van der Waals surface area contributed by atoms with E-state index in [0.29, 0.717) is 25.2 Å². The van der Waals surface area contributed by atoms with Crippen LogP contribution in [0.25, 0.3) is 0 Å². The predicted molar refractivity (Wildman–Crippen MR) is 84.2 cm³/mol. The van der Waals surface area contributed by atoms with E-state index in [-0.39, 0.29) is 23.9 Å². The molecule has 2 unspecified atom stereocenters. The van der Waals surface area contributed by atoms with E-state index < -0.39 is 0 Å². The lowest BCUT2D eigenvalue weighted by Crippen LogP contribution is -2.53. The number of hydrogen-bond donors (Lipinski definition) is 1. The Morgan fingerprint density at radius 2 is 2.09 bits per heavy atom. The minimum Gasteiger partial charge on any atom is -0.352 e. The highest BCUT2D eigenvalue weighted by atomic mass is 16.2. The maximum Gasteiger partial charge on any atom is 0.237 e. The van der Waals surface area contributed by atoms with Crippen molar-refractivity contribution in [3.63, 3.8) is 0 Å². The second kappa shape index (κ2) is 6.39. The van der Waals surface area contributed by atoms with E-state index in [4.69, 9.17) is 5.26 Å². The van der Waals surface area contributed by atoms with Gasteiger partial charge in [0.2, 0.25) is 11.8 Å². The summed E-state index contributed by atoms with van der Waals surface area (Å²) in [7, 11) is 0. The molecule has 2 fully saturated rings. The number of amides is 2. The first-order chi connectivity index (χ1) is 11.0. The van der Waals surface area contributed by atoms with Crippen LogP contribution in [0.15, 0.2) is 24.3 Å². The van der Waals surface area contributed by atoms with Crippen LogP contribution in [0.2, 0.25) is 0 Å². The average Bonchev–Trinajstić information content (AvgIpc) is 2.90. The van der Waals surface area contributed by atoms with E-state index in [1.165, 1.54) is 6.92 Å². The van der Waals surface area contributed by atoms with Gasteiger partial charge in [0.15, 0.2) is 0 Å². The van der Waals surface area contributed by atoms with Gasteiger partial charge in [-0.05, 0) is 24.1 Å². The van der Waals surface area contributed by atoms with Crippen molar-refractivity contribution in [2.75, 3.05) is 19.6 Å². The van der Waals surface area contributed by atoms with E-state index in [9.17, 15) is 9.59 Å². The minimum absolute atomic E-state index is 0.0447. The number of carbonyl (C=O) groups is 2. The maximum atomic E-state index is 12.3. The van der Waals surface area contributed by atoms with E-state index in [1.54, 1.807) is 12.1 Å². The van der Waals surface area contributed by atoms with Gasteiger partial charge in [-0.25, -0.2) is 0 Å². The molecular formula is C17H20N4O2. The van der Waals surface area contributed by atoms with Crippen molar-refractivity contribution in [1.29, 1.82) is 5.26 Å².